The van der Waals surface area contributed by atoms with E-state index in [1.54, 1.807) is 24.3 Å². The van der Waals surface area contributed by atoms with Gasteiger partial charge in [-0.2, -0.15) is 4.39 Å². The van der Waals surface area contributed by atoms with Crippen LogP contribution < -0.4 is 5.32 Å². The number of nitrogens with one attached hydrogen (secondary N) is 1. The van der Waals surface area contributed by atoms with Crippen LogP contribution >= 0.6 is 15.9 Å². The summed E-state index contributed by atoms with van der Waals surface area (Å²) >= 11 is 3.25. The van der Waals surface area contributed by atoms with Crippen LogP contribution in [0.15, 0.2) is 41.0 Å². The number of aromatic nitrogens is 1. The topological polar surface area (TPSA) is 42.0 Å². The molecule has 0 spiro atoms. The molecule has 92 valence electrons. The molecule has 1 heterocycles. The van der Waals surface area contributed by atoms with E-state index in [-0.39, 0.29) is 5.56 Å². The number of rotatable bonds is 2. The molecule has 0 aliphatic heterocycles. The predicted molar refractivity (Wildman–Crippen MR) is 66.2 cm³/mol. The van der Waals surface area contributed by atoms with Gasteiger partial charge in [0.05, 0.1) is 5.56 Å². The molecule has 1 N–H and O–H groups in total. The van der Waals surface area contributed by atoms with Gasteiger partial charge in [-0.1, -0.05) is 15.9 Å². The summed E-state index contributed by atoms with van der Waals surface area (Å²) in [5.74, 6) is -3.28. The van der Waals surface area contributed by atoms with Crippen LogP contribution in [0, 0.1) is 11.8 Å². The van der Waals surface area contributed by atoms with Crippen LogP contribution in [-0.2, 0) is 0 Å². The van der Waals surface area contributed by atoms with E-state index in [2.05, 4.69) is 26.2 Å². The minimum absolute atomic E-state index is 0.384. The number of hydrogen-bond donors (Lipinski definition) is 1. The average molecular weight is 313 g/mol. The van der Waals surface area contributed by atoms with Crippen LogP contribution in [-0.4, -0.2) is 10.9 Å². The average Bonchev–Trinajstić information content (AvgIpc) is 2.35. The lowest BCUT2D eigenvalue weighted by Crippen LogP contribution is -2.15. The van der Waals surface area contributed by atoms with Crippen molar-refractivity contribution in [2.45, 2.75) is 0 Å². The fourth-order valence-electron chi connectivity index (χ4n) is 1.33. The van der Waals surface area contributed by atoms with Gasteiger partial charge in [0.2, 0.25) is 5.95 Å². The largest absolute Gasteiger partial charge is 0.322 e. The van der Waals surface area contributed by atoms with Crippen molar-refractivity contribution in [3.05, 3.63) is 58.3 Å². The van der Waals surface area contributed by atoms with Crippen LogP contribution in [0.5, 0.6) is 0 Å². The Bertz CT molecular complexity index is 587. The Morgan fingerprint density at radius 2 is 1.83 bits per heavy atom. The first-order valence-electron chi connectivity index (χ1n) is 4.95. The highest BCUT2D eigenvalue weighted by molar-refractivity contribution is 9.10. The maximum atomic E-state index is 13.3. The molecule has 1 aromatic carbocycles. The fourth-order valence-corrected chi connectivity index (χ4v) is 1.59. The molecular formula is C12H7BrF2N2O. The second-order valence-electron chi connectivity index (χ2n) is 3.42. The zero-order chi connectivity index (χ0) is 13.1. The summed E-state index contributed by atoms with van der Waals surface area (Å²) in [6.07, 6.45) is 1.04. The van der Waals surface area contributed by atoms with Crippen molar-refractivity contribution in [3.8, 4) is 0 Å². The summed E-state index contributed by atoms with van der Waals surface area (Å²) in [7, 11) is 0. The quantitative estimate of drug-likeness (QED) is 0.864. The third-order valence-corrected chi connectivity index (χ3v) is 2.72. The molecule has 1 aromatic heterocycles. The first-order chi connectivity index (χ1) is 8.58. The molecule has 0 bridgehead atoms. The molecule has 2 aromatic rings. The Hall–Kier alpha value is -1.82. The number of amides is 1. The maximum absolute atomic E-state index is 13.3. The smallest absolute Gasteiger partial charge is 0.258 e. The number of hydrogen-bond acceptors (Lipinski definition) is 2. The molecule has 0 unspecified atom stereocenters. The highest BCUT2D eigenvalue weighted by Crippen LogP contribution is 2.16. The van der Waals surface area contributed by atoms with Crippen molar-refractivity contribution in [2.75, 3.05) is 5.32 Å². The lowest BCUT2D eigenvalue weighted by Gasteiger charge is -2.06. The minimum Gasteiger partial charge on any atom is -0.322 e. The van der Waals surface area contributed by atoms with Gasteiger partial charge in [-0.05, 0) is 30.3 Å². The van der Waals surface area contributed by atoms with Crippen LogP contribution in [0.25, 0.3) is 0 Å². The van der Waals surface area contributed by atoms with E-state index in [4.69, 9.17) is 0 Å². The third-order valence-electron chi connectivity index (χ3n) is 2.19. The van der Waals surface area contributed by atoms with Crippen LogP contribution in [0.4, 0.5) is 14.5 Å². The summed E-state index contributed by atoms with van der Waals surface area (Å²) < 4.78 is 27.0. The molecule has 1 amide bonds. The van der Waals surface area contributed by atoms with Gasteiger partial charge in [0, 0.05) is 16.4 Å². The highest BCUT2D eigenvalue weighted by atomic mass is 79.9. The van der Waals surface area contributed by atoms with E-state index in [1.165, 1.54) is 0 Å². The molecule has 0 saturated carbocycles. The molecule has 3 nitrogen and oxygen atoms in total. The zero-order valence-corrected chi connectivity index (χ0v) is 10.5. The number of anilines is 1. The van der Waals surface area contributed by atoms with Crippen molar-refractivity contribution in [1.29, 1.82) is 0 Å². The van der Waals surface area contributed by atoms with Crippen molar-refractivity contribution >= 4 is 27.5 Å². The monoisotopic (exact) mass is 312 g/mol. The van der Waals surface area contributed by atoms with E-state index in [0.29, 0.717) is 5.69 Å². The molecule has 0 atom stereocenters. The van der Waals surface area contributed by atoms with Crippen LogP contribution in [0.3, 0.4) is 0 Å². The molecule has 0 radical (unpaired) electrons. The lowest BCUT2D eigenvalue weighted by atomic mass is 10.2. The number of carbonyl (C=O) groups excluding carboxylic acids is 1. The minimum atomic E-state index is -1.29. The molecule has 18 heavy (non-hydrogen) atoms. The van der Waals surface area contributed by atoms with Gasteiger partial charge in [0.15, 0.2) is 5.82 Å². The van der Waals surface area contributed by atoms with E-state index < -0.39 is 17.7 Å². The summed E-state index contributed by atoms with van der Waals surface area (Å²) in [6.45, 7) is 0. The Morgan fingerprint density at radius 1 is 1.17 bits per heavy atom. The van der Waals surface area contributed by atoms with Crippen molar-refractivity contribution in [3.63, 3.8) is 0 Å². The van der Waals surface area contributed by atoms with Gasteiger partial charge in [0.1, 0.15) is 0 Å². The Kier molecular flexibility index (Phi) is 3.66. The SMILES string of the molecule is O=C(Nc1ccc(Br)cc1)c1ccnc(F)c1F. The summed E-state index contributed by atoms with van der Waals surface area (Å²) in [6, 6.07) is 7.83. The van der Waals surface area contributed by atoms with Gasteiger partial charge in [-0.3, -0.25) is 4.79 Å². The second kappa shape index (κ2) is 5.22. The Balaban J connectivity index is 2.22. The molecular weight excluding hydrogens is 306 g/mol. The summed E-state index contributed by atoms with van der Waals surface area (Å²) in [5, 5.41) is 2.46. The highest BCUT2D eigenvalue weighted by Gasteiger charge is 2.15. The molecule has 0 aliphatic rings. The summed E-state index contributed by atoms with van der Waals surface area (Å²) in [4.78, 5) is 14.8. The first-order valence-corrected chi connectivity index (χ1v) is 5.74. The van der Waals surface area contributed by atoms with Gasteiger partial charge < -0.3 is 5.32 Å². The maximum Gasteiger partial charge on any atom is 0.258 e. The van der Waals surface area contributed by atoms with Gasteiger partial charge >= 0.3 is 0 Å². The van der Waals surface area contributed by atoms with Gasteiger partial charge in [-0.25, -0.2) is 9.37 Å². The van der Waals surface area contributed by atoms with E-state index in [0.717, 1.165) is 16.7 Å². The second-order valence-corrected chi connectivity index (χ2v) is 4.34. The van der Waals surface area contributed by atoms with E-state index in [1.807, 2.05) is 0 Å². The molecule has 0 fully saturated rings. The standard InChI is InChI=1S/C12H7BrF2N2O/c13-7-1-3-8(4-2-7)17-12(18)9-5-6-16-11(15)10(9)14/h1-6H,(H,17,18). The molecule has 6 heteroatoms. The third kappa shape index (κ3) is 2.70. The van der Waals surface area contributed by atoms with Crippen molar-refractivity contribution in [2.24, 2.45) is 0 Å². The zero-order valence-electron chi connectivity index (χ0n) is 8.95. The van der Waals surface area contributed by atoms with Crippen LogP contribution in [0.1, 0.15) is 10.4 Å². The number of carbonyl (C=O) groups is 1. The van der Waals surface area contributed by atoms with E-state index >= 15 is 0 Å². The normalized spacial score (nSPS) is 10.2. The Labute approximate surface area is 110 Å². The predicted octanol–water partition coefficient (Wildman–Crippen LogP) is 3.37. The van der Waals surface area contributed by atoms with Gasteiger partial charge in [-0.15, -0.1) is 0 Å². The van der Waals surface area contributed by atoms with Crippen molar-refractivity contribution in [1.82, 2.24) is 4.98 Å². The number of nitrogens with zero attached hydrogens (tertiary/aromatic N) is 1. The van der Waals surface area contributed by atoms with E-state index in [9.17, 15) is 13.6 Å². The Morgan fingerprint density at radius 3 is 2.50 bits per heavy atom. The summed E-state index contributed by atoms with van der Waals surface area (Å²) in [5.41, 5.74) is 0.102. The number of pyridine rings is 1. The lowest BCUT2D eigenvalue weighted by molar-refractivity contribution is 0.102. The van der Waals surface area contributed by atoms with Crippen molar-refractivity contribution < 1.29 is 13.6 Å². The fraction of sp³-hybridized carbons (Fsp3) is 0. The number of benzene rings is 1. The number of halogens is 3. The molecule has 0 aliphatic carbocycles. The van der Waals surface area contributed by atoms with Gasteiger partial charge in [0.25, 0.3) is 5.91 Å². The molecule has 0 saturated heterocycles. The van der Waals surface area contributed by atoms with Crippen LogP contribution in [0.2, 0.25) is 0 Å². The molecule has 2 rings (SSSR count). The first kappa shape index (κ1) is 12.6.